The van der Waals surface area contributed by atoms with Gasteiger partial charge in [0.1, 0.15) is 11.6 Å². The summed E-state index contributed by atoms with van der Waals surface area (Å²) in [7, 11) is 0. The molecule has 1 saturated heterocycles. The first-order valence-corrected chi connectivity index (χ1v) is 11.5. The van der Waals surface area contributed by atoms with Crippen LogP contribution >= 0.6 is 0 Å². The van der Waals surface area contributed by atoms with E-state index in [0.717, 1.165) is 32.1 Å². The van der Waals surface area contributed by atoms with Crippen molar-refractivity contribution in [2.24, 2.45) is 11.3 Å². The molecule has 0 radical (unpaired) electrons. The van der Waals surface area contributed by atoms with E-state index in [-0.39, 0.29) is 23.2 Å². The molecule has 2 aliphatic rings. The summed E-state index contributed by atoms with van der Waals surface area (Å²) < 4.78 is 5.21. The van der Waals surface area contributed by atoms with Crippen LogP contribution in [0.15, 0.2) is 24.3 Å². The Morgan fingerprint density at radius 2 is 1.94 bits per heavy atom. The van der Waals surface area contributed by atoms with E-state index in [1.54, 1.807) is 17.9 Å². The van der Waals surface area contributed by atoms with E-state index in [1.807, 2.05) is 25.1 Å². The van der Waals surface area contributed by atoms with Crippen LogP contribution in [0, 0.1) is 23.2 Å². The zero-order valence-electron chi connectivity index (χ0n) is 19.2. The summed E-state index contributed by atoms with van der Waals surface area (Å²) in [6.45, 7) is 8.77. The summed E-state index contributed by atoms with van der Waals surface area (Å²) in [6.07, 6.45) is 5.30. The molecule has 1 aliphatic heterocycles. The third-order valence-electron chi connectivity index (χ3n) is 7.05. The summed E-state index contributed by atoms with van der Waals surface area (Å²) in [5.74, 6) is 5.80. The van der Waals surface area contributed by atoms with E-state index in [9.17, 15) is 14.7 Å². The zero-order valence-corrected chi connectivity index (χ0v) is 19.2. The number of hydrogen-bond donors (Lipinski definition) is 1. The van der Waals surface area contributed by atoms with Crippen LogP contribution in [0.2, 0.25) is 0 Å². The molecular formula is C26H35NO4. The smallest absolute Gasteiger partial charge is 0.328 e. The molecule has 3 rings (SSSR count). The largest absolute Gasteiger partial charge is 0.464 e. The Bertz CT molecular complexity index is 881. The molecule has 31 heavy (non-hydrogen) atoms. The van der Waals surface area contributed by atoms with E-state index in [4.69, 9.17) is 4.74 Å². The lowest BCUT2D eigenvalue weighted by Crippen LogP contribution is -2.51. The Morgan fingerprint density at radius 1 is 1.19 bits per heavy atom. The summed E-state index contributed by atoms with van der Waals surface area (Å²) in [4.78, 5) is 27.5. The fraction of sp³-hybridized carbons (Fsp3) is 0.615. The molecule has 5 nitrogen and oxygen atoms in total. The first-order chi connectivity index (χ1) is 14.7. The quantitative estimate of drug-likeness (QED) is 0.583. The van der Waals surface area contributed by atoms with Crippen LogP contribution in [0.3, 0.4) is 0 Å². The van der Waals surface area contributed by atoms with Crippen molar-refractivity contribution in [1.82, 2.24) is 4.90 Å². The van der Waals surface area contributed by atoms with Gasteiger partial charge in [-0.05, 0) is 57.1 Å². The van der Waals surface area contributed by atoms with Crippen LogP contribution in [0.25, 0.3) is 0 Å². The minimum atomic E-state index is -1.11. The fourth-order valence-corrected chi connectivity index (χ4v) is 4.96. The minimum absolute atomic E-state index is 0.0573. The molecule has 1 aromatic rings. The molecule has 2 fully saturated rings. The van der Waals surface area contributed by atoms with Gasteiger partial charge >= 0.3 is 5.97 Å². The highest BCUT2D eigenvalue weighted by molar-refractivity contribution is 5.99. The van der Waals surface area contributed by atoms with Gasteiger partial charge in [0.15, 0.2) is 0 Å². The van der Waals surface area contributed by atoms with Gasteiger partial charge < -0.3 is 14.7 Å². The molecule has 0 aromatic heterocycles. The number of nitrogens with zero attached hydrogens (tertiary/aromatic N) is 1. The lowest BCUT2D eigenvalue weighted by Gasteiger charge is -2.47. The second-order valence-corrected chi connectivity index (χ2v) is 9.50. The first kappa shape index (κ1) is 23.3. The number of piperidine rings is 1. The van der Waals surface area contributed by atoms with Gasteiger partial charge in [0, 0.05) is 17.5 Å². The second-order valence-electron chi connectivity index (χ2n) is 9.50. The maximum Gasteiger partial charge on any atom is 0.328 e. The zero-order chi connectivity index (χ0) is 22.6. The van der Waals surface area contributed by atoms with Gasteiger partial charge in [-0.1, -0.05) is 51.2 Å². The van der Waals surface area contributed by atoms with Crippen molar-refractivity contribution in [3.8, 4) is 11.8 Å². The van der Waals surface area contributed by atoms with Crippen molar-refractivity contribution in [3.05, 3.63) is 35.4 Å². The Labute approximate surface area is 186 Å². The van der Waals surface area contributed by atoms with Crippen LogP contribution in [0.5, 0.6) is 0 Å². The van der Waals surface area contributed by atoms with Crippen LogP contribution in [-0.4, -0.2) is 46.7 Å². The van der Waals surface area contributed by atoms with Gasteiger partial charge in [-0.2, -0.15) is 0 Å². The lowest BCUT2D eigenvalue weighted by molar-refractivity contribution is -0.149. The average molecular weight is 426 g/mol. The third-order valence-corrected chi connectivity index (χ3v) is 7.05. The fourth-order valence-electron chi connectivity index (χ4n) is 4.96. The van der Waals surface area contributed by atoms with Crippen LogP contribution in [0.4, 0.5) is 0 Å². The molecule has 1 aliphatic carbocycles. The molecule has 168 valence electrons. The number of rotatable bonds is 3. The van der Waals surface area contributed by atoms with E-state index >= 15 is 0 Å². The van der Waals surface area contributed by atoms with Gasteiger partial charge in [0.2, 0.25) is 0 Å². The van der Waals surface area contributed by atoms with Crippen molar-refractivity contribution in [2.75, 3.05) is 13.2 Å². The van der Waals surface area contributed by atoms with E-state index < -0.39 is 11.6 Å². The highest BCUT2D eigenvalue weighted by Crippen LogP contribution is 2.46. The van der Waals surface area contributed by atoms with Gasteiger partial charge in [0.25, 0.3) is 5.91 Å². The summed E-state index contributed by atoms with van der Waals surface area (Å²) in [5.41, 5.74) is -0.378. The third kappa shape index (κ3) is 4.65. The van der Waals surface area contributed by atoms with Crippen molar-refractivity contribution < 1.29 is 19.4 Å². The number of esters is 1. The van der Waals surface area contributed by atoms with Crippen molar-refractivity contribution in [1.29, 1.82) is 0 Å². The Kier molecular flexibility index (Phi) is 7.11. The molecule has 3 atom stereocenters. The number of ether oxygens (including phenoxy) is 1. The molecule has 1 N–H and O–H groups in total. The number of benzene rings is 1. The molecule has 0 spiro atoms. The Morgan fingerprint density at radius 3 is 2.65 bits per heavy atom. The average Bonchev–Trinajstić information content (AvgIpc) is 2.76. The first-order valence-electron chi connectivity index (χ1n) is 11.5. The highest BCUT2D eigenvalue weighted by atomic mass is 16.5. The molecule has 1 heterocycles. The summed E-state index contributed by atoms with van der Waals surface area (Å²) >= 11 is 0. The molecule has 1 amide bonds. The van der Waals surface area contributed by atoms with E-state index in [0.29, 0.717) is 30.7 Å². The monoisotopic (exact) mass is 425 g/mol. The van der Waals surface area contributed by atoms with Gasteiger partial charge in [-0.25, -0.2) is 4.79 Å². The second kappa shape index (κ2) is 9.44. The Balaban J connectivity index is 1.93. The van der Waals surface area contributed by atoms with Crippen molar-refractivity contribution in [3.63, 3.8) is 0 Å². The van der Waals surface area contributed by atoms with Crippen LogP contribution < -0.4 is 0 Å². The van der Waals surface area contributed by atoms with Gasteiger partial charge in [-0.15, -0.1) is 0 Å². The number of aliphatic hydroxyl groups is 1. The Hall–Kier alpha value is -2.32. The maximum absolute atomic E-state index is 13.5. The number of carbonyl (C=O) groups is 2. The molecule has 0 bridgehead atoms. The van der Waals surface area contributed by atoms with Gasteiger partial charge in [0.05, 0.1) is 12.2 Å². The number of likely N-dealkylation sites (tertiary alicyclic amines) is 1. The maximum atomic E-state index is 13.5. The highest BCUT2D eigenvalue weighted by Gasteiger charge is 2.48. The van der Waals surface area contributed by atoms with E-state index in [2.05, 4.69) is 25.7 Å². The molecular weight excluding hydrogens is 390 g/mol. The van der Waals surface area contributed by atoms with Crippen molar-refractivity contribution >= 4 is 11.9 Å². The number of hydrogen-bond acceptors (Lipinski definition) is 4. The number of amides is 1. The molecule has 5 heteroatoms. The molecule has 1 aromatic carbocycles. The summed E-state index contributed by atoms with van der Waals surface area (Å²) in [6, 6.07) is 6.67. The van der Waals surface area contributed by atoms with Crippen LogP contribution in [-0.2, 0) is 9.53 Å². The van der Waals surface area contributed by atoms with Crippen molar-refractivity contribution in [2.45, 2.75) is 77.9 Å². The minimum Gasteiger partial charge on any atom is -0.464 e. The van der Waals surface area contributed by atoms with Crippen LogP contribution in [0.1, 0.15) is 82.1 Å². The molecule has 3 unspecified atom stereocenters. The predicted molar refractivity (Wildman–Crippen MR) is 120 cm³/mol. The normalized spacial score (nSPS) is 27.7. The topological polar surface area (TPSA) is 66.8 Å². The number of carbonyl (C=O) groups excluding carboxylic acids is 2. The summed E-state index contributed by atoms with van der Waals surface area (Å²) in [5, 5.41) is 11.5. The SMILES string of the molecule is CCOC(=O)C1CCCCN1C(=O)c1ccccc1C#CC1(O)C(C)CCCC1(C)C. The van der Waals surface area contributed by atoms with Gasteiger partial charge in [-0.3, -0.25) is 4.79 Å². The predicted octanol–water partition coefficient (Wildman–Crippen LogP) is 4.17. The van der Waals surface area contributed by atoms with E-state index in [1.165, 1.54) is 0 Å². The lowest BCUT2D eigenvalue weighted by atomic mass is 9.61. The standard InChI is InChI=1S/C26H35NO4/c1-5-31-24(29)22-14-8-9-18-27(22)23(28)21-13-7-6-12-20(21)15-17-26(30)19(2)11-10-16-25(26,3)4/h6-7,12-13,19,22,30H,5,8-11,14,16,18H2,1-4H3. The molecule has 1 saturated carbocycles.